The minimum Gasteiger partial charge on any atom is -0.344 e. The Labute approximate surface area is 87.1 Å². The van der Waals surface area contributed by atoms with Crippen molar-refractivity contribution in [2.24, 2.45) is 5.84 Å². The SMILES string of the molecule is NN([SiH3])c1ccc([N+](=O)[O-])cc1[N+](=O)[O-]. The maximum Gasteiger partial charge on any atom is 0.299 e. The van der Waals surface area contributed by atoms with Crippen LogP contribution in [0.2, 0.25) is 0 Å². The van der Waals surface area contributed by atoms with Gasteiger partial charge < -0.3 is 4.67 Å². The van der Waals surface area contributed by atoms with Gasteiger partial charge in [0.1, 0.15) is 16.1 Å². The molecule has 0 aliphatic heterocycles. The molecule has 0 atom stereocenters. The number of rotatable bonds is 3. The molecule has 9 heteroatoms. The van der Waals surface area contributed by atoms with E-state index in [9.17, 15) is 20.2 Å². The summed E-state index contributed by atoms with van der Waals surface area (Å²) >= 11 is 0. The van der Waals surface area contributed by atoms with Crippen molar-refractivity contribution in [1.29, 1.82) is 0 Å². The molecule has 0 amide bonds. The van der Waals surface area contributed by atoms with Gasteiger partial charge in [0, 0.05) is 6.07 Å². The second-order valence-corrected chi connectivity index (χ2v) is 3.76. The number of anilines is 1. The Bertz CT molecular complexity index is 422. The molecule has 0 fully saturated rings. The molecule has 0 unspecified atom stereocenters. The average Bonchev–Trinajstić information content (AvgIpc) is 2.16. The molecule has 0 bridgehead atoms. The summed E-state index contributed by atoms with van der Waals surface area (Å²) in [7, 11) is 0.382. The van der Waals surface area contributed by atoms with Gasteiger partial charge in [0.05, 0.1) is 15.9 Å². The molecule has 1 rings (SSSR count). The van der Waals surface area contributed by atoms with Crippen LogP contribution in [0, 0.1) is 20.2 Å². The third-order valence-corrected chi connectivity index (χ3v) is 2.23. The zero-order chi connectivity index (χ0) is 11.6. The molecular weight excluding hydrogens is 220 g/mol. The maximum absolute atomic E-state index is 10.6. The third-order valence-electron chi connectivity index (χ3n) is 1.75. The van der Waals surface area contributed by atoms with E-state index in [1.807, 2.05) is 0 Å². The van der Waals surface area contributed by atoms with Gasteiger partial charge in [-0.25, -0.2) is 0 Å². The molecule has 0 saturated heterocycles. The number of nitro benzene ring substituents is 2. The predicted molar refractivity (Wildman–Crippen MR) is 56.4 cm³/mol. The van der Waals surface area contributed by atoms with Crippen LogP contribution in [-0.4, -0.2) is 20.3 Å². The lowest BCUT2D eigenvalue weighted by Gasteiger charge is -2.11. The number of hydrogen-bond acceptors (Lipinski definition) is 6. The fraction of sp³-hybridized carbons (Fsp3) is 0. The molecule has 0 saturated carbocycles. The van der Waals surface area contributed by atoms with Gasteiger partial charge in [-0.3, -0.25) is 26.1 Å². The smallest absolute Gasteiger partial charge is 0.299 e. The first kappa shape index (κ1) is 11.1. The van der Waals surface area contributed by atoms with E-state index in [-0.39, 0.29) is 17.1 Å². The summed E-state index contributed by atoms with van der Waals surface area (Å²) in [6.45, 7) is 0. The van der Waals surface area contributed by atoms with Crippen molar-refractivity contribution in [3.63, 3.8) is 0 Å². The lowest BCUT2D eigenvalue weighted by Crippen LogP contribution is -2.27. The number of hydrazine groups is 1. The van der Waals surface area contributed by atoms with E-state index in [1.165, 1.54) is 16.8 Å². The van der Waals surface area contributed by atoms with Crippen molar-refractivity contribution in [1.82, 2.24) is 0 Å². The Morgan fingerprint density at radius 3 is 2.27 bits per heavy atom. The molecule has 0 spiro atoms. The van der Waals surface area contributed by atoms with Crippen LogP contribution in [0.5, 0.6) is 0 Å². The van der Waals surface area contributed by atoms with Crippen LogP contribution in [0.15, 0.2) is 18.2 Å². The van der Waals surface area contributed by atoms with Gasteiger partial charge in [-0.15, -0.1) is 0 Å². The van der Waals surface area contributed by atoms with Gasteiger partial charge in [-0.1, -0.05) is 0 Å². The molecule has 0 radical (unpaired) electrons. The number of nitro groups is 2. The number of nitrogens with two attached hydrogens (primary N) is 1. The zero-order valence-electron chi connectivity index (χ0n) is 7.78. The van der Waals surface area contributed by atoms with E-state index in [4.69, 9.17) is 5.84 Å². The van der Waals surface area contributed by atoms with E-state index >= 15 is 0 Å². The first-order valence-corrected chi connectivity index (χ1v) is 4.74. The molecule has 1 aromatic rings. The lowest BCUT2D eigenvalue weighted by molar-refractivity contribution is -0.393. The summed E-state index contributed by atoms with van der Waals surface area (Å²) < 4.78 is 1.17. The predicted octanol–water partition coefficient (Wildman–Crippen LogP) is -0.537. The van der Waals surface area contributed by atoms with Crippen molar-refractivity contribution >= 4 is 27.5 Å². The first-order chi connectivity index (χ1) is 6.93. The molecule has 0 aromatic heterocycles. The van der Waals surface area contributed by atoms with Gasteiger partial charge >= 0.3 is 0 Å². The van der Waals surface area contributed by atoms with Crippen LogP contribution < -0.4 is 10.5 Å². The van der Waals surface area contributed by atoms with E-state index in [0.717, 1.165) is 6.07 Å². The first-order valence-electron chi connectivity index (χ1n) is 3.84. The molecule has 8 nitrogen and oxygen atoms in total. The van der Waals surface area contributed by atoms with E-state index in [0.29, 0.717) is 10.4 Å². The van der Waals surface area contributed by atoms with Gasteiger partial charge in [-0.05, 0) is 6.07 Å². The third kappa shape index (κ3) is 2.27. The highest BCUT2D eigenvalue weighted by Crippen LogP contribution is 2.29. The fourth-order valence-corrected chi connectivity index (χ4v) is 1.45. The van der Waals surface area contributed by atoms with Gasteiger partial charge in [0.25, 0.3) is 11.4 Å². The molecule has 1 aromatic carbocycles. The quantitative estimate of drug-likeness (QED) is 0.321. The van der Waals surface area contributed by atoms with Crippen molar-refractivity contribution in [3.8, 4) is 0 Å². The Hall–Kier alpha value is -2.00. The van der Waals surface area contributed by atoms with Crippen LogP contribution in [0.25, 0.3) is 0 Å². The van der Waals surface area contributed by atoms with Crippen molar-refractivity contribution in [3.05, 3.63) is 38.4 Å². The topological polar surface area (TPSA) is 116 Å². The van der Waals surface area contributed by atoms with Crippen molar-refractivity contribution < 1.29 is 9.85 Å². The van der Waals surface area contributed by atoms with E-state index < -0.39 is 9.85 Å². The summed E-state index contributed by atoms with van der Waals surface area (Å²) in [5.41, 5.74) is -0.507. The fourth-order valence-electron chi connectivity index (χ4n) is 1.07. The minimum absolute atomic E-state index is 0.178. The van der Waals surface area contributed by atoms with Crippen LogP contribution in [0.1, 0.15) is 0 Å². The lowest BCUT2D eigenvalue weighted by atomic mass is 10.2. The van der Waals surface area contributed by atoms with Gasteiger partial charge in [-0.2, -0.15) is 0 Å². The monoisotopic (exact) mass is 228 g/mol. The van der Waals surface area contributed by atoms with Gasteiger partial charge in [0.15, 0.2) is 0 Å². The van der Waals surface area contributed by atoms with E-state index in [2.05, 4.69) is 0 Å². The summed E-state index contributed by atoms with van der Waals surface area (Å²) in [4.78, 5) is 19.6. The molecule has 0 aliphatic rings. The largest absolute Gasteiger partial charge is 0.344 e. The zero-order valence-corrected chi connectivity index (χ0v) is 9.78. The van der Waals surface area contributed by atoms with Crippen molar-refractivity contribution in [2.45, 2.75) is 0 Å². The highest BCUT2D eigenvalue weighted by atomic mass is 28.2. The summed E-state index contributed by atoms with van der Waals surface area (Å²) in [5.74, 6) is 5.40. The molecule has 0 aliphatic carbocycles. The second-order valence-electron chi connectivity index (χ2n) is 2.80. The molecule has 80 valence electrons. The number of non-ortho nitro benzene ring substituents is 1. The van der Waals surface area contributed by atoms with Crippen LogP contribution >= 0.6 is 0 Å². The Morgan fingerprint density at radius 2 is 1.87 bits per heavy atom. The van der Waals surface area contributed by atoms with Crippen LogP contribution in [0.3, 0.4) is 0 Å². The summed E-state index contributed by atoms with van der Waals surface area (Å²) in [6.07, 6.45) is 0. The number of hydrogen-bond donors (Lipinski definition) is 1. The van der Waals surface area contributed by atoms with Crippen LogP contribution in [-0.2, 0) is 0 Å². The molecule has 0 heterocycles. The Morgan fingerprint density at radius 1 is 1.27 bits per heavy atom. The molecule has 2 N–H and O–H groups in total. The molecular formula is C6H8N4O4Si. The standard InChI is InChI=1S/C6H8N4O4Si/c7-8(15)5-2-1-4(9(11)12)3-6(5)10(13)14/h1-3H,7H2,15H3. The summed E-state index contributed by atoms with van der Waals surface area (Å²) in [5, 5.41) is 21.0. The Kier molecular flexibility index (Phi) is 2.97. The Balaban J connectivity index is 3.33. The summed E-state index contributed by atoms with van der Waals surface area (Å²) in [6, 6.07) is 3.34. The minimum atomic E-state index is -0.694. The van der Waals surface area contributed by atoms with Crippen LogP contribution in [0.4, 0.5) is 17.1 Å². The maximum atomic E-state index is 10.6. The normalized spacial score (nSPS) is 9.93. The second kappa shape index (κ2) is 4.02. The highest BCUT2D eigenvalue weighted by molar-refractivity contribution is 6.17. The van der Waals surface area contributed by atoms with Gasteiger partial charge in [0.2, 0.25) is 0 Å². The van der Waals surface area contributed by atoms with Crippen molar-refractivity contribution in [2.75, 3.05) is 4.67 Å². The average molecular weight is 228 g/mol. The number of benzene rings is 1. The van der Waals surface area contributed by atoms with E-state index in [1.54, 1.807) is 0 Å². The number of nitrogens with zero attached hydrogens (tertiary/aromatic N) is 3. The highest BCUT2D eigenvalue weighted by Gasteiger charge is 2.20. The molecule has 15 heavy (non-hydrogen) atoms.